The Morgan fingerprint density at radius 1 is 1.12 bits per heavy atom. The molecule has 1 aromatic carbocycles. The quantitative estimate of drug-likeness (QED) is 0.833. The van der Waals surface area contributed by atoms with Crippen LogP contribution in [0.25, 0.3) is 0 Å². The first-order valence-electron chi connectivity index (χ1n) is 4.52. The molecule has 0 spiro atoms. The van der Waals surface area contributed by atoms with Gasteiger partial charge in [-0.1, -0.05) is 34.1 Å². The molecule has 0 saturated heterocycles. The molecule has 96 valence electrons. The molecule has 0 aliphatic heterocycles. The van der Waals surface area contributed by atoms with E-state index in [0.29, 0.717) is 0 Å². The van der Waals surface area contributed by atoms with E-state index in [4.69, 9.17) is 0 Å². The van der Waals surface area contributed by atoms with Crippen molar-refractivity contribution in [2.75, 3.05) is 0 Å². The fraction of sp³-hybridized carbons (Fsp3) is 0.400. The summed E-state index contributed by atoms with van der Waals surface area (Å²) in [5, 5.41) is 9.39. The predicted octanol–water partition coefficient (Wildman–Crippen LogP) is 4.07. The standard InChI is InChI=1S/C10H8BrF5O/c11-7-4-2-1-3-6(7)8(17)5-9(12,13)10(14,15)16/h1-4,8,17H,5H2. The van der Waals surface area contributed by atoms with Crippen LogP contribution in [-0.2, 0) is 0 Å². The van der Waals surface area contributed by atoms with Crippen molar-refractivity contribution in [2.45, 2.75) is 24.6 Å². The lowest BCUT2D eigenvalue weighted by Gasteiger charge is -2.22. The first-order valence-corrected chi connectivity index (χ1v) is 5.31. The van der Waals surface area contributed by atoms with E-state index in [-0.39, 0.29) is 10.0 Å². The molecule has 1 N–H and O–H groups in total. The number of alkyl halides is 5. The fourth-order valence-corrected chi connectivity index (χ4v) is 1.76. The molecule has 0 aromatic heterocycles. The molecule has 1 unspecified atom stereocenters. The number of hydrogen-bond donors (Lipinski definition) is 1. The van der Waals surface area contributed by atoms with Crippen LogP contribution in [0, 0.1) is 0 Å². The van der Waals surface area contributed by atoms with Crippen LogP contribution >= 0.6 is 15.9 Å². The molecule has 0 heterocycles. The van der Waals surface area contributed by atoms with Crippen molar-refractivity contribution in [3.8, 4) is 0 Å². The van der Waals surface area contributed by atoms with Crippen molar-refractivity contribution in [3.63, 3.8) is 0 Å². The van der Waals surface area contributed by atoms with Gasteiger partial charge in [0.15, 0.2) is 0 Å². The predicted molar refractivity (Wildman–Crippen MR) is 54.7 cm³/mol. The van der Waals surface area contributed by atoms with Gasteiger partial charge in [0.1, 0.15) is 0 Å². The maximum Gasteiger partial charge on any atom is 0.453 e. The Morgan fingerprint density at radius 2 is 1.65 bits per heavy atom. The van der Waals surface area contributed by atoms with Gasteiger partial charge in [-0.05, 0) is 11.6 Å². The molecule has 0 radical (unpaired) electrons. The molecule has 0 saturated carbocycles. The van der Waals surface area contributed by atoms with Crippen molar-refractivity contribution in [3.05, 3.63) is 34.3 Å². The number of benzene rings is 1. The summed E-state index contributed by atoms with van der Waals surface area (Å²) < 4.78 is 61.5. The minimum absolute atomic E-state index is 0.00331. The van der Waals surface area contributed by atoms with E-state index >= 15 is 0 Å². The lowest BCUT2D eigenvalue weighted by atomic mass is 10.0. The zero-order valence-corrected chi connectivity index (χ0v) is 9.89. The number of hydrogen-bond acceptors (Lipinski definition) is 1. The van der Waals surface area contributed by atoms with Crippen LogP contribution in [0.15, 0.2) is 28.7 Å². The fourth-order valence-electron chi connectivity index (χ4n) is 1.21. The molecule has 0 fully saturated rings. The number of aliphatic hydroxyl groups is 1. The maximum atomic E-state index is 12.7. The Hall–Kier alpha value is -0.690. The third-order valence-corrected chi connectivity index (χ3v) is 2.85. The van der Waals surface area contributed by atoms with Gasteiger partial charge in [0.05, 0.1) is 12.5 Å². The summed E-state index contributed by atoms with van der Waals surface area (Å²) in [7, 11) is 0. The summed E-state index contributed by atoms with van der Waals surface area (Å²) in [5.74, 6) is -4.91. The molecule has 0 aliphatic rings. The highest BCUT2D eigenvalue weighted by Crippen LogP contribution is 2.42. The monoisotopic (exact) mass is 318 g/mol. The maximum absolute atomic E-state index is 12.7. The van der Waals surface area contributed by atoms with Gasteiger partial charge in [-0.3, -0.25) is 0 Å². The molecule has 1 aromatic rings. The molecule has 0 aliphatic carbocycles. The van der Waals surface area contributed by atoms with Gasteiger partial charge in [0.2, 0.25) is 0 Å². The van der Waals surface area contributed by atoms with E-state index in [1.807, 2.05) is 0 Å². The highest BCUT2D eigenvalue weighted by atomic mass is 79.9. The average molecular weight is 319 g/mol. The molecular formula is C10H8BrF5O. The van der Waals surface area contributed by atoms with Crippen LogP contribution in [0.3, 0.4) is 0 Å². The second-order valence-electron chi connectivity index (χ2n) is 3.44. The van der Waals surface area contributed by atoms with E-state index in [9.17, 15) is 27.1 Å². The van der Waals surface area contributed by atoms with Gasteiger partial charge >= 0.3 is 12.1 Å². The van der Waals surface area contributed by atoms with Crippen LogP contribution in [-0.4, -0.2) is 17.2 Å². The third kappa shape index (κ3) is 3.38. The highest BCUT2D eigenvalue weighted by Gasteiger charge is 2.58. The highest BCUT2D eigenvalue weighted by molar-refractivity contribution is 9.10. The SMILES string of the molecule is OC(CC(F)(F)C(F)(F)F)c1ccccc1Br. The minimum Gasteiger partial charge on any atom is -0.388 e. The Kier molecular flexibility index (Phi) is 4.14. The van der Waals surface area contributed by atoms with E-state index < -0.39 is 24.6 Å². The largest absolute Gasteiger partial charge is 0.453 e. The van der Waals surface area contributed by atoms with Crippen LogP contribution in [0.4, 0.5) is 22.0 Å². The molecule has 7 heteroatoms. The second kappa shape index (κ2) is 4.89. The smallest absolute Gasteiger partial charge is 0.388 e. The van der Waals surface area contributed by atoms with Crippen LogP contribution in [0.1, 0.15) is 18.1 Å². The zero-order chi connectivity index (χ0) is 13.3. The van der Waals surface area contributed by atoms with Gasteiger partial charge < -0.3 is 5.11 Å². The van der Waals surface area contributed by atoms with E-state index in [0.717, 1.165) is 0 Å². The molecule has 0 amide bonds. The third-order valence-electron chi connectivity index (χ3n) is 2.13. The molecule has 1 rings (SSSR count). The van der Waals surface area contributed by atoms with Gasteiger partial charge in [-0.15, -0.1) is 0 Å². The zero-order valence-electron chi connectivity index (χ0n) is 8.31. The Bertz CT molecular complexity index is 391. The summed E-state index contributed by atoms with van der Waals surface area (Å²) >= 11 is 2.97. The molecule has 17 heavy (non-hydrogen) atoms. The summed E-state index contributed by atoms with van der Waals surface area (Å²) in [6.07, 6.45) is -9.24. The Morgan fingerprint density at radius 3 is 2.12 bits per heavy atom. The Labute approximate surface area is 102 Å². The lowest BCUT2D eigenvalue weighted by Crippen LogP contribution is -2.37. The summed E-state index contributed by atoms with van der Waals surface area (Å²) in [4.78, 5) is 0. The number of aliphatic hydroxyl groups excluding tert-OH is 1. The lowest BCUT2D eigenvalue weighted by molar-refractivity contribution is -0.290. The topological polar surface area (TPSA) is 20.2 Å². The minimum atomic E-state index is -5.66. The van der Waals surface area contributed by atoms with Crippen LogP contribution in [0.5, 0.6) is 0 Å². The molecule has 1 atom stereocenters. The van der Waals surface area contributed by atoms with Crippen molar-refractivity contribution in [1.82, 2.24) is 0 Å². The van der Waals surface area contributed by atoms with Crippen LogP contribution in [0.2, 0.25) is 0 Å². The Balaban J connectivity index is 2.87. The van der Waals surface area contributed by atoms with Crippen molar-refractivity contribution in [1.29, 1.82) is 0 Å². The van der Waals surface area contributed by atoms with Crippen molar-refractivity contribution < 1.29 is 27.1 Å². The van der Waals surface area contributed by atoms with Gasteiger partial charge in [0.25, 0.3) is 0 Å². The van der Waals surface area contributed by atoms with E-state index in [1.165, 1.54) is 18.2 Å². The van der Waals surface area contributed by atoms with Gasteiger partial charge in [-0.2, -0.15) is 22.0 Å². The van der Waals surface area contributed by atoms with E-state index in [2.05, 4.69) is 15.9 Å². The van der Waals surface area contributed by atoms with Gasteiger partial charge in [-0.25, -0.2) is 0 Å². The first kappa shape index (κ1) is 14.4. The molecular weight excluding hydrogens is 311 g/mol. The average Bonchev–Trinajstić information content (AvgIpc) is 2.15. The van der Waals surface area contributed by atoms with Gasteiger partial charge in [0, 0.05) is 4.47 Å². The molecule has 0 bridgehead atoms. The second-order valence-corrected chi connectivity index (χ2v) is 4.30. The van der Waals surface area contributed by atoms with Crippen molar-refractivity contribution >= 4 is 15.9 Å². The number of rotatable bonds is 3. The normalized spacial score (nSPS) is 14.8. The summed E-state index contributed by atoms with van der Waals surface area (Å²) in [6.45, 7) is 0. The summed E-state index contributed by atoms with van der Waals surface area (Å²) in [5.41, 5.74) is -0.00331. The first-order chi connectivity index (χ1) is 7.65. The molecule has 1 nitrogen and oxygen atoms in total. The summed E-state index contributed by atoms with van der Waals surface area (Å²) in [6, 6.07) is 5.72. The van der Waals surface area contributed by atoms with Crippen LogP contribution < -0.4 is 0 Å². The van der Waals surface area contributed by atoms with Crippen molar-refractivity contribution in [2.24, 2.45) is 0 Å². The number of halogens is 6. The van der Waals surface area contributed by atoms with E-state index in [1.54, 1.807) is 6.07 Å².